The molecule has 1 saturated heterocycles. The highest BCUT2D eigenvalue weighted by atomic mass is 16.6. The normalized spacial score (nSPS) is 22.0. The summed E-state index contributed by atoms with van der Waals surface area (Å²) < 4.78 is 10.6. The molecule has 1 aromatic carbocycles. The molecule has 1 unspecified atom stereocenters. The third-order valence-corrected chi connectivity index (χ3v) is 3.06. The first kappa shape index (κ1) is 12.9. The van der Waals surface area contributed by atoms with Crippen LogP contribution in [0.25, 0.3) is 0 Å². The first-order chi connectivity index (χ1) is 8.44. The fourth-order valence-corrected chi connectivity index (χ4v) is 1.79. The third-order valence-electron chi connectivity index (χ3n) is 3.06. The van der Waals surface area contributed by atoms with Gasteiger partial charge in [-0.25, -0.2) is 0 Å². The van der Waals surface area contributed by atoms with Crippen molar-refractivity contribution in [1.82, 2.24) is 0 Å². The molecule has 0 spiro atoms. The summed E-state index contributed by atoms with van der Waals surface area (Å²) in [5.74, 6) is -0.225. The van der Waals surface area contributed by atoms with E-state index in [1.165, 1.54) is 0 Å². The predicted molar refractivity (Wildman–Crippen MR) is 66.3 cm³/mol. The number of esters is 1. The average molecular weight is 250 g/mol. The summed E-state index contributed by atoms with van der Waals surface area (Å²) in [6.45, 7) is 6.09. The largest absolute Gasteiger partial charge is 0.508 e. The maximum Gasteiger partial charge on any atom is 0.308 e. The first-order valence-corrected chi connectivity index (χ1v) is 6.05. The van der Waals surface area contributed by atoms with Gasteiger partial charge in [0.1, 0.15) is 12.4 Å². The van der Waals surface area contributed by atoms with E-state index < -0.39 is 5.60 Å². The van der Waals surface area contributed by atoms with Gasteiger partial charge in [0.2, 0.25) is 0 Å². The highest BCUT2D eigenvalue weighted by molar-refractivity contribution is 5.71. The standard InChI is InChI=1S/C14H18O4/c1-9(2)13(16)17-7-14(8-18-14)11-5-4-10(3)6-12(11)15/h4-6,9,15H,7-8H2,1-3H3. The minimum atomic E-state index is -0.650. The van der Waals surface area contributed by atoms with Gasteiger partial charge in [0, 0.05) is 5.56 Å². The molecule has 2 rings (SSSR count). The lowest BCUT2D eigenvalue weighted by atomic mass is 9.98. The summed E-state index contributed by atoms with van der Waals surface area (Å²) >= 11 is 0. The Hall–Kier alpha value is -1.55. The molecule has 4 heteroatoms. The second kappa shape index (κ2) is 4.61. The van der Waals surface area contributed by atoms with E-state index in [1.54, 1.807) is 19.9 Å². The minimum Gasteiger partial charge on any atom is -0.508 e. The topological polar surface area (TPSA) is 59.1 Å². The van der Waals surface area contributed by atoms with Gasteiger partial charge < -0.3 is 14.6 Å². The fourth-order valence-electron chi connectivity index (χ4n) is 1.79. The van der Waals surface area contributed by atoms with E-state index in [1.807, 2.05) is 19.1 Å². The Morgan fingerprint density at radius 1 is 1.56 bits per heavy atom. The molecule has 0 aromatic heterocycles. The Balaban J connectivity index is 2.10. The molecule has 1 aliphatic heterocycles. The van der Waals surface area contributed by atoms with Gasteiger partial charge >= 0.3 is 5.97 Å². The number of carbonyl (C=O) groups excluding carboxylic acids is 1. The molecule has 0 amide bonds. The molecule has 18 heavy (non-hydrogen) atoms. The number of phenolic OH excluding ortho intramolecular Hbond substituents is 1. The van der Waals surface area contributed by atoms with Crippen LogP contribution in [0.1, 0.15) is 25.0 Å². The Morgan fingerprint density at radius 3 is 2.72 bits per heavy atom. The van der Waals surface area contributed by atoms with Crippen molar-refractivity contribution in [2.24, 2.45) is 5.92 Å². The van der Waals surface area contributed by atoms with Crippen molar-refractivity contribution < 1.29 is 19.4 Å². The van der Waals surface area contributed by atoms with Crippen LogP contribution in [0.3, 0.4) is 0 Å². The fraction of sp³-hybridized carbons (Fsp3) is 0.500. The number of carbonyl (C=O) groups is 1. The number of rotatable bonds is 4. The molecular formula is C14H18O4. The lowest BCUT2D eigenvalue weighted by Crippen LogP contribution is -2.22. The molecule has 98 valence electrons. The van der Waals surface area contributed by atoms with Crippen molar-refractivity contribution in [3.8, 4) is 5.75 Å². The number of hydrogen-bond acceptors (Lipinski definition) is 4. The SMILES string of the molecule is Cc1ccc(C2(COC(=O)C(C)C)CO2)c(O)c1. The highest BCUT2D eigenvalue weighted by Crippen LogP contribution is 2.43. The number of epoxide rings is 1. The van der Waals surface area contributed by atoms with Crippen LogP contribution < -0.4 is 0 Å². The molecule has 1 N–H and O–H groups in total. The van der Waals surface area contributed by atoms with E-state index in [2.05, 4.69) is 0 Å². The molecule has 4 nitrogen and oxygen atoms in total. The summed E-state index contributed by atoms with van der Waals surface area (Å²) in [4.78, 5) is 11.4. The average Bonchev–Trinajstić information content (AvgIpc) is 3.06. The van der Waals surface area contributed by atoms with Crippen LogP contribution in [0.5, 0.6) is 5.75 Å². The Labute approximate surface area is 107 Å². The van der Waals surface area contributed by atoms with E-state index in [4.69, 9.17) is 9.47 Å². The van der Waals surface area contributed by atoms with Crippen molar-refractivity contribution in [3.63, 3.8) is 0 Å². The van der Waals surface area contributed by atoms with Crippen molar-refractivity contribution in [3.05, 3.63) is 29.3 Å². The van der Waals surface area contributed by atoms with E-state index >= 15 is 0 Å². The molecule has 0 aliphatic carbocycles. The van der Waals surface area contributed by atoms with E-state index in [-0.39, 0.29) is 24.2 Å². The quantitative estimate of drug-likeness (QED) is 0.657. The van der Waals surface area contributed by atoms with Crippen molar-refractivity contribution in [2.45, 2.75) is 26.4 Å². The monoisotopic (exact) mass is 250 g/mol. The van der Waals surface area contributed by atoms with Gasteiger partial charge in [-0.15, -0.1) is 0 Å². The maximum absolute atomic E-state index is 11.4. The summed E-state index contributed by atoms with van der Waals surface area (Å²) in [5, 5.41) is 9.92. The number of ether oxygens (including phenoxy) is 2. The van der Waals surface area contributed by atoms with Crippen LogP contribution in [0.4, 0.5) is 0 Å². The molecule has 0 radical (unpaired) electrons. The summed E-state index contributed by atoms with van der Waals surface area (Å²) in [6.07, 6.45) is 0. The number of aryl methyl sites for hydroxylation is 1. The van der Waals surface area contributed by atoms with E-state index in [0.29, 0.717) is 12.2 Å². The molecule has 1 heterocycles. The van der Waals surface area contributed by atoms with Crippen LogP contribution >= 0.6 is 0 Å². The smallest absolute Gasteiger partial charge is 0.308 e. The van der Waals surface area contributed by atoms with Crippen molar-refractivity contribution >= 4 is 5.97 Å². The summed E-state index contributed by atoms with van der Waals surface area (Å²) in [7, 11) is 0. The number of phenols is 1. The number of aromatic hydroxyl groups is 1. The van der Waals surface area contributed by atoms with Gasteiger partial charge in [-0.3, -0.25) is 4.79 Å². The number of benzene rings is 1. The second-order valence-corrected chi connectivity index (χ2v) is 5.07. The van der Waals surface area contributed by atoms with Crippen LogP contribution in [0.15, 0.2) is 18.2 Å². The van der Waals surface area contributed by atoms with Crippen LogP contribution in [-0.4, -0.2) is 24.3 Å². The molecule has 0 bridgehead atoms. The number of hydrogen-bond donors (Lipinski definition) is 1. The molecule has 1 aromatic rings. The first-order valence-electron chi connectivity index (χ1n) is 6.05. The highest BCUT2D eigenvalue weighted by Gasteiger charge is 2.49. The maximum atomic E-state index is 11.4. The van der Waals surface area contributed by atoms with E-state index in [9.17, 15) is 9.90 Å². The lowest BCUT2D eigenvalue weighted by molar-refractivity contribution is -0.149. The van der Waals surface area contributed by atoms with Crippen molar-refractivity contribution in [1.29, 1.82) is 0 Å². The zero-order valence-electron chi connectivity index (χ0n) is 10.9. The predicted octanol–water partition coefficient (Wildman–Crippen LogP) is 2.13. The summed E-state index contributed by atoms with van der Waals surface area (Å²) in [5.41, 5.74) is 1.01. The van der Waals surface area contributed by atoms with Gasteiger partial charge in [0.05, 0.1) is 12.5 Å². The molecule has 1 fully saturated rings. The third kappa shape index (κ3) is 2.48. The van der Waals surface area contributed by atoms with Crippen LogP contribution in [0.2, 0.25) is 0 Å². The molecule has 1 atom stereocenters. The Bertz CT molecular complexity index is 461. The zero-order chi connectivity index (χ0) is 13.3. The van der Waals surface area contributed by atoms with Gasteiger partial charge in [-0.05, 0) is 18.6 Å². The Kier molecular flexibility index (Phi) is 3.30. The zero-order valence-corrected chi connectivity index (χ0v) is 10.9. The molecule has 1 aliphatic rings. The second-order valence-electron chi connectivity index (χ2n) is 5.07. The molecule has 0 saturated carbocycles. The minimum absolute atomic E-state index is 0.153. The van der Waals surface area contributed by atoms with Crippen molar-refractivity contribution in [2.75, 3.05) is 13.2 Å². The van der Waals surface area contributed by atoms with Gasteiger partial charge in [-0.1, -0.05) is 26.0 Å². The van der Waals surface area contributed by atoms with E-state index in [0.717, 1.165) is 5.56 Å². The van der Waals surface area contributed by atoms with Gasteiger partial charge in [0.15, 0.2) is 5.60 Å². The Morgan fingerprint density at radius 2 is 2.22 bits per heavy atom. The van der Waals surface area contributed by atoms with Gasteiger partial charge in [0.25, 0.3) is 0 Å². The van der Waals surface area contributed by atoms with Crippen LogP contribution in [-0.2, 0) is 19.9 Å². The molecular weight excluding hydrogens is 232 g/mol. The van der Waals surface area contributed by atoms with Crippen LogP contribution in [0, 0.1) is 12.8 Å². The summed E-state index contributed by atoms with van der Waals surface area (Å²) in [6, 6.07) is 5.41. The van der Waals surface area contributed by atoms with Gasteiger partial charge in [-0.2, -0.15) is 0 Å². The lowest BCUT2D eigenvalue weighted by Gasteiger charge is -2.15.